The fraction of sp³-hybridized carbons (Fsp3) is 0.528. The van der Waals surface area contributed by atoms with E-state index in [2.05, 4.69) is 10.6 Å². The highest BCUT2D eigenvalue weighted by Crippen LogP contribution is 2.36. The lowest BCUT2D eigenvalue weighted by molar-refractivity contribution is -0.143. The van der Waals surface area contributed by atoms with Crippen molar-refractivity contribution in [3.05, 3.63) is 71.8 Å². The summed E-state index contributed by atoms with van der Waals surface area (Å²) in [5.41, 5.74) is 18.2. The Balaban J connectivity index is 1.48. The molecule has 1 saturated carbocycles. The molecule has 2 fully saturated rings. The van der Waals surface area contributed by atoms with E-state index in [0.717, 1.165) is 24.0 Å². The van der Waals surface area contributed by atoms with Crippen molar-refractivity contribution in [3.8, 4) is 0 Å². The zero-order chi connectivity index (χ0) is 34.7. The van der Waals surface area contributed by atoms with Gasteiger partial charge in [-0.05, 0) is 68.5 Å². The average molecular weight is 663 g/mol. The maximum absolute atomic E-state index is 14.0. The Morgan fingerprint density at radius 1 is 0.875 bits per heavy atom. The van der Waals surface area contributed by atoms with Gasteiger partial charge in [0.05, 0.1) is 12.1 Å². The zero-order valence-electron chi connectivity index (χ0n) is 27.5. The van der Waals surface area contributed by atoms with Gasteiger partial charge >= 0.3 is 5.97 Å². The molecule has 0 radical (unpaired) electrons. The number of carbonyl (C=O) groups is 5. The van der Waals surface area contributed by atoms with Crippen molar-refractivity contribution in [2.75, 3.05) is 19.6 Å². The number of rotatable bonds is 19. The van der Waals surface area contributed by atoms with Gasteiger partial charge in [-0.3, -0.25) is 24.0 Å². The number of hydrogen-bond acceptors (Lipinski definition) is 8. The fourth-order valence-electron chi connectivity index (χ4n) is 6.21. The van der Waals surface area contributed by atoms with E-state index in [0.29, 0.717) is 44.6 Å². The third-order valence-corrected chi connectivity index (χ3v) is 9.36. The Kier molecular flexibility index (Phi) is 13.2. The maximum atomic E-state index is 14.0. The molecule has 12 nitrogen and oxygen atoms in total. The topological polar surface area (TPSA) is 211 Å². The summed E-state index contributed by atoms with van der Waals surface area (Å²) in [4.78, 5) is 67.8. The Labute approximate surface area is 282 Å². The number of nitrogens with two attached hydrogens (primary N) is 3. The molecule has 2 aliphatic rings. The van der Waals surface area contributed by atoms with E-state index in [1.165, 1.54) is 4.90 Å². The minimum atomic E-state index is -1.54. The van der Waals surface area contributed by atoms with Crippen molar-refractivity contribution in [1.29, 1.82) is 0 Å². The van der Waals surface area contributed by atoms with Crippen molar-refractivity contribution >= 4 is 29.5 Å². The summed E-state index contributed by atoms with van der Waals surface area (Å²) < 4.78 is 0. The molecule has 12 heteroatoms. The van der Waals surface area contributed by atoms with Crippen molar-refractivity contribution in [2.45, 2.75) is 87.9 Å². The normalized spacial score (nSPS) is 19.9. The highest BCUT2D eigenvalue weighted by Gasteiger charge is 2.44. The Bertz CT molecular complexity index is 1400. The van der Waals surface area contributed by atoms with Crippen LogP contribution in [-0.4, -0.2) is 82.8 Å². The van der Waals surface area contributed by atoms with Gasteiger partial charge in [0.15, 0.2) is 5.78 Å². The predicted molar refractivity (Wildman–Crippen MR) is 181 cm³/mol. The number of hydrogen-bond donors (Lipinski definition) is 6. The van der Waals surface area contributed by atoms with Crippen LogP contribution in [0, 0.1) is 11.8 Å². The molecule has 2 aromatic carbocycles. The van der Waals surface area contributed by atoms with Crippen LogP contribution in [0.4, 0.5) is 0 Å². The van der Waals surface area contributed by atoms with E-state index in [1.807, 2.05) is 60.7 Å². The first-order valence-corrected chi connectivity index (χ1v) is 17.0. The first kappa shape index (κ1) is 36.7. The third-order valence-electron chi connectivity index (χ3n) is 9.36. The molecule has 9 N–H and O–H groups in total. The van der Waals surface area contributed by atoms with E-state index in [9.17, 15) is 29.1 Å². The molecule has 2 aromatic rings. The molecule has 5 atom stereocenters. The van der Waals surface area contributed by atoms with E-state index in [1.54, 1.807) is 0 Å². The molecule has 1 saturated heterocycles. The van der Waals surface area contributed by atoms with Gasteiger partial charge in [-0.15, -0.1) is 0 Å². The van der Waals surface area contributed by atoms with Crippen LogP contribution in [0.1, 0.15) is 62.5 Å². The minimum Gasteiger partial charge on any atom is -0.480 e. The van der Waals surface area contributed by atoms with Crippen molar-refractivity contribution in [1.82, 2.24) is 15.5 Å². The molecule has 1 aliphatic carbocycles. The van der Waals surface area contributed by atoms with Gasteiger partial charge in [-0.25, -0.2) is 0 Å². The molecule has 0 aromatic heterocycles. The summed E-state index contributed by atoms with van der Waals surface area (Å²) in [5, 5.41) is 15.3. The molecule has 48 heavy (non-hydrogen) atoms. The van der Waals surface area contributed by atoms with Crippen LogP contribution in [0.25, 0.3) is 0 Å². The summed E-state index contributed by atoms with van der Waals surface area (Å²) >= 11 is 0. The van der Waals surface area contributed by atoms with Crippen LogP contribution in [0.5, 0.6) is 0 Å². The van der Waals surface area contributed by atoms with Crippen molar-refractivity contribution in [3.63, 3.8) is 0 Å². The number of aliphatic carboxylic acids is 1. The number of Topliss-reactive ketones (excluding diaryl/α,β-unsaturated/α-hetero) is 1. The van der Waals surface area contributed by atoms with Crippen LogP contribution < -0.4 is 27.8 Å². The number of nitrogens with one attached hydrogen (secondary N) is 2. The zero-order valence-corrected chi connectivity index (χ0v) is 27.5. The first-order chi connectivity index (χ1) is 23.0. The van der Waals surface area contributed by atoms with Crippen LogP contribution >= 0.6 is 0 Å². The van der Waals surface area contributed by atoms with E-state index in [-0.39, 0.29) is 38.1 Å². The highest BCUT2D eigenvalue weighted by atomic mass is 16.4. The second-order valence-corrected chi connectivity index (χ2v) is 13.4. The fourth-order valence-corrected chi connectivity index (χ4v) is 6.21. The van der Waals surface area contributed by atoms with Crippen LogP contribution in [-0.2, 0) is 36.8 Å². The number of benzene rings is 2. The smallest absolute Gasteiger partial charge is 0.325 e. The second kappa shape index (κ2) is 17.3. The number of amides is 3. The van der Waals surface area contributed by atoms with Crippen LogP contribution in [0.2, 0.25) is 0 Å². The monoisotopic (exact) mass is 662 g/mol. The Hall–Kier alpha value is -4.13. The summed E-state index contributed by atoms with van der Waals surface area (Å²) in [6, 6.07) is 16.0. The average Bonchev–Trinajstić information content (AvgIpc) is 3.81. The lowest BCUT2D eigenvalue weighted by Gasteiger charge is -2.28. The molecule has 4 rings (SSSR count). The Morgan fingerprint density at radius 2 is 1.48 bits per heavy atom. The number of carboxylic acid groups (broad SMARTS) is 1. The molecule has 1 heterocycles. The summed E-state index contributed by atoms with van der Waals surface area (Å²) in [6.07, 6.45) is 4.47. The largest absolute Gasteiger partial charge is 0.480 e. The molecule has 1 aliphatic heterocycles. The van der Waals surface area contributed by atoms with Gasteiger partial charge in [-0.2, -0.15) is 0 Å². The third kappa shape index (κ3) is 10.7. The SMILES string of the molecule is NCCCC[C@@H](NC(=O)[C@H](CC(=O)[C@@H](Cc1ccccc1)NC(=O)[C@H](N)Cc1ccccc1)CC1CC1)C(=O)N1CCC(N)(C(=O)O)C1. The summed E-state index contributed by atoms with van der Waals surface area (Å²) in [5.74, 6) is -3.15. The predicted octanol–water partition coefficient (Wildman–Crippen LogP) is 1.29. The second-order valence-electron chi connectivity index (χ2n) is 13.4. The van der Waals surface area contributed by atoms with Gasteiger partial charge in [0.25, 0.3) is 0 Å². The molecule has 3 amide bonds. The van der Waals surface area contributed by atoms with E-state index < -0.39 is 53.3 Å². The van der Waals surface area contributed by atoms with Gasteiger partial charge < -0.3 is 37.8 Å². The molecule has 0 bridgehead atoms. The van der Waals surface area contributed by atoms with Gasteiger partial charge in [0, 0.05) is 25.4 Å². The highest BCUT2D eigenvalue weighted by molar-refractivity contribution is 5.95. The molecular weight excluding hydrogens is 612 g/mol. The van der Waals surface area contributed by atoms with Crippen molar-refractivity contribution < 1.29 is 29.1 Å². The van der Waals surface area contributed by atoms with Crippen LogP contribution in [0.15, 0.2) is 60.7 Å². The number of carbonyl (C=O) groups excluding carboxylic acids is 4. The summed E-state index contributed by atoms with van der Waals surface area (Å²) in [7, 11) is 0. The van der Waals surface area contributed by atoms with Crippen molar-refractivity contribution in [2.24, 2.45) is 29.0 Å². The molecule has 1 unspecified atom stereocenters. The van der Waals surface area contributed by atoms with E-state index in [4.69, 9.17) is 17.2 Å². The standard InChI is InChI=1S/C36H50N6O6/c37-17-8-7-13-29(34(46)42-18-16-36(39,23-42)35(47)48)40-32(44)27(19-26-14-15-26)22-31(43)30(21-25-11-5-2-6-12-25)41-33(45)28(38)20-24-9-3-1-4-10-24/h1-6,9-12,26-30H,7-8,13-23,37-39H2,(H,40,44)(H,41,45)(H,47,48)/t27-,28+,29+,30+,36?/m0/s1. The lowest BCUT2D eigenvalue weighted by Crippen LogP contribution is -2.54. The Morgan fingerprint density at radius 3 is 2.04 bits per heavy atom. The quantitative estimate of drug-likeness (QED) is 0.120. The van der Waals surface area contributed by atoms with E-state index >= 15 is 0 Å². The number of nitrogens with zero attached hydrogens (tertiary/aromatic N) is 1. The van der Waals surface area contributed by atoms with Gasteiger partial charge in [0.1, 0.15) is 11.6 Å². The molecule has 260 valence electrons. The summed E-state index contributed by atoms with van der Waals surface area (Å²) in [6.45, 7) is 0.440. The molecule has 0 spiro atoms. The number of likely N-dealkylation sites (tertiary alicyclic amines) is 1. The number of unbranched alkanes of at least 4 members (excludes halogenated alkanes) is 1. The van der Waals surface area contributed by atoms with Gasteiger partial charge in [-0.1, -0.05) is 73.5 Å². The van der Waals surface area contributed by atoms with Crippen LogP contribution in [0.3, 0.4) is 0 Å². The lowest BCUT2D eigenvalue weighted by atomic mass is 9.90. The molecular formula is C36H50N6O6. The number of ketones is 1. The first-order valence-electron chi connectivity index (χ1n) is 17.0. The number of carboxylic acids is 1. The van der Waals surface area contributed by atoms with Gasteiger partial charge in [0.2, 0.25) is 17.7 Å². The maximum Gasteiger partial charge on any atom is 0.325 e. The minimum absolute atomic E-state index is 0.111.